The summed E-state index contributed by atoms with van der Waals surface area (Å²) in [6.45, 7) is 5.02. The number of aromatic nitrogens is 2. The fourth-order valence-electron chi connectivity index (χ4n) is 3.09. The van der Waals surface area contributed by atoms with Gasteiger partial charge in [-0.1, -0.05) is 0 Å². The van der Waals surface area contributed by atoms with Gasteiger partial charge in [-0.05, 0) is 30.8 Å². The van der Waals surface area contributed by atoms with Gasteiger partial charge < -0.3 is 16.0 Å². The number of carbonyl (C=O) groups excluding carboxylic acids is 2. The van der Waals surface area contributed by atoms with Crippen LogP contribution in [-0.4, -0.2) is 39.8 Å². The summed E-state index contributed by atoms with van der Waals surface area (Å²) in [5.74, 6) is -0.850. The maximum Gasteiger partial charge on any atom is 0.275 e. The van der Waals surface area contributed by atoms with E-state index in [-0.39, 0.29) is 11.0 Å². The molecule has 0 saturated heterocycles. The Balaban J connectivity index is 1.78. The van der Waals surface area contributed by atoms with E-state index in [1.807, 2.05) is 0 Å². The van der Waals surface area contributed by atoms with Crippen LogP contribution < -0.4 is 21.3 Å². The maximum absolute atomic E-state index is 12.2. The largest absolute Gasteiger partial charge is 0.365 e. The predicted octanol–water partition coefficient (Wildman–Crippen LogP) is -0.332. The molecule has 0 bridgehead atoms. The van der Waals surface area contributed by atoms with E-state index in [0.29, 0.717) is 16.3 Å². The highest BCUT2D eigenvalue weighted by molar-refractivity contribution is 7.80. The first kappa shape index (κ1) is 18.5. The highest BCUT2D eigenvalue weighted by Crippen LogP contribution is 2.34. The molecule has 1 atom stereocenters. The topological polar surface area (TPSA) is 106 Å². The second-order valence-electron chi connectivity index (χ2n) is 6.10. The van der Waals surface area contributed by atoms with Gasteiger partial charge >= 0.3 is 0 Å². The van der Waals surface area contributed by atoms with Crippen LogP contribution in [0.4, 0.5) is 5.00 Å². The number of thiocarbonyl (C=S) groups is 1. The van der Waals surface area contributed by atoms with Gasteiger partial charge in [0.05, 0.1) is 23.5 Å². The van der Waals surface area contributed by atoms with Crippen LogP contribution in [0.2, 0.25) is 0 Å². The Morgan fingerprint density at radius 2 is 2.27 bits per heavy atom. The number of rotatable bonds is 4. The van der Waals surface area contributed by atoms with Crippen molar-refractivity contribution in [3.8, 4) is 0 Å². The summed E-state index contributed by atoms with van der Waals surface area (Å²) >= 11 is 6.72. The van der Waals surface area contributed by atoms with Crippen molar-refractivity contribution in [2.24, 2.45) is 12.8 Å². The summed E-state index contributed by atoms with van der Waals surface area (Å²) in [5.41, 5.74) is 7.48. The van der Waals surface area contributed by atoms with Crippen LogP contribution >= 0.6 is 23.6 Å². The van der Waals surface area contributed by atoms with Crippen molar-refractivity contribution in [3.63, 3.8) is 0 Å². The Labute approximate surface area is 160 Å². The number of anilines is 1. The minimum atomic E-state index is -0.481. The van der Waals surface area contributed by atoms with Crippen molar-refractivity contribution in [3.05, 3.63) is 34.0 Å². The van der Waals surface area contributed by atoms with Crippen molar-refractivity contribution in [2.75, 3.05) is 18.4 Å². The molecule has 3 rings (SSSR count). The zero-order chi connectivity index (χ0) is 18.8. The molecule has 0 aromatic carbocycles. The molecule has 0 spiro atoms. The molecular weight excluding hydrogens is 372 g/mol. The molecule has 3 heterocycles. The Morgan fingerprint density at radius 1 is 1.50 bits per heavy atom. The lowest BCUT2D eigenvalue weighted by Gasteiger charge is -2.22. The third-order valence-corrected chi connectivity index (χ3v) is 5.84. The highest BCUT2D eigenvalue weighted by Gasteiger charge is 2.29. The number of fused-ring (bicyclic) bond motifs is 1. The number of hydrogen-bond donors (Lipinski definition) is 4. The van der Waals surface area contributed by atoms with Gasteiger partial charge in [-0.2, -0.15) is 5.10 Å². The Morgan fingerprint density at radius 3 is 2.88 bits per heavy atom. The fraction of sp³-hybridized carbons (Fsp3) is 0.375. The lowest BCUT2D eigenvalue weighted by Crippen LogP contribution is -3.11. The molecule has 1 unspecified atom stereocenters. The van der Waals surface area contributed by atoms with Crippen LogP contribution in [0, 0.1) is 0 Å². The number of amides is 2. The molecule has 2 amide bonds. The van der Waals surface area contributed by atoms with E-state index in [9.17, 15) is 9.59 Å². The number of hydrogen-bond acceptors (Lipinski definition) is 5. The van der Waals surface area contributed by atoms with Crippen LogP contribution in [0.5, 0.6) is 0 Å². The second kappa shape index (κ2) is 7.52. The molecule has 0 fully saturated rings. The average molecular weight is 394 g/mol. The van der Waals surface area contributed by atoms with Crippen molar-refractivity contribution >= 4 is 45.5 Å². The minimum Gasteiger partial charge on any atom is -0.365 e. The number of nitrogens with two attached hydrogens (primary N) is 1. The lowest BCUT2D eigenvalue weighted by atomic mass is 10.0. The summed E-state index contributed by atoms with van der Waals surface area (Å²) in [5, 5.41) is 10.3. The molecule has 2 aromatic rings. The lowest BCUT2D eigenvalue weighted by molar-refractivity contribution is -0.913. The number of quaternary nitrogens is 1. The Hall–Kier alpha value is -2.30. The number of carbonyl (C=O) groups is 2. The molecule has 0 saturated carbocycles. The van der Waals surface area contributed by atoms with Crippen LogP contribution in [0.3, 0.4) is 0 Å². The first-order valence-corrected chi connectivity index (χ1v) is 9.51. The zero-order valence-corrected chi connectivity index (χ0v) is 16.2. The molecule has 0 radical (unpaired) electrons. The van der Waals surface area contributed by atoms with E-state index in [0.717, 1.165) is 36.5 Å². The average Bonchev–Trinajstić information content (AvgIpc) is 3.16. The predicted molar refractivity (Wildman–Crippen MR) is 104 cm³/mol. The van der Waals surface area contributed by atoms with Gasteiger partial charge in [-0.25, -0.2) is 0 Å². The third-order valence-electron chi connectivity index (χ3n) is 4.48. The van der Waals surface area contributed by atoms with Crippen LogP contribution in [0.1, 0.15) is 38.2 Å². The maximum atomic E-state index is 12.2. The smallest absolute Gasteiger partial charge is 0.275 e. The van der Waals surface area contributed by atoms with Gasteiger partial charge in [-0.3, -0.25) is 19.6 Å². The third kappa shape index (κ3) is 3.62. The normalized spacial score (nSPS) is 16.0. The molecule has 10 heteroatoms. The van der Waals surface area contributed by atoms with Crippen molar-refractivity contribution in [1.29, 1.82) is 0 Å². The molecule has 138 valence electrons. The monoisotopic (exact) mass is 393 g/mol. The number of primary amides is 1. The summed E-state index contributed by atoms with van der Waals surface area (Å²) in [6.07, 6.45) is 2.34. The Bertz CT molecular complexity index is 872. The zero-order valence-electron chi connectivity index (χ0n) is 14.6. The molecule has 0 aliphatic carbocycles. The number of nitrogens with zero attached hydrogens (tertiary/aromatic N) is 2. The van der Waals surface area contributed by atoms with E-state index in [1.54, 1.807) is 13.1 Å². The minimum absolute atomic E-state index is 0.122. The Kier molecular flexibility index (Phi) is 5.35. The quantitative estimate of drug-likeness (QED) is 0.532. The molecule has 26 heavy (non-hydrogen) atoms. The second-order valence-corrected chi connectivity index (χ2v) is 7.61. The van der Waals surface area contributed by atoms with Crippen LogP contribution in [-0.2, 0) is 20.0 Å². The fourth-order valence-corrected chi connectivity index (χ4v) is 4.67. The van der Waals surface area contributed by atoms with Crippen molar-refractivity contribution in [2.45, 2.75) is 19.9 Å². The van der Waals surface area contributed by atoms with Gasteiger partial charge in [-0.15, -0.1) is 11.3 Å². The van der Waals surface area contributed by atoms with Gasteiger partial charge in [0.2, 0.25) is 0 Å². The van der Waals surface area contributed by atoms with Crippen LogP contribution in [0.15, 0.2) is 12.3 Å². The number of thiophene rings is 1. The highest BCUT2D eigenvalue weighted by atomic mass is 32.1. The summed E-state index contributed by atoms with van der Waals surface area (Å²) in [7, 11) is 1.67. The standard InChI is InChI=1S/C16H20N6O2S2/c1-3-22-7-5-9-11(8-22)26-15(12(9)13(17)23)20-16(25)19-14(24)10-4-6-18-21(10)2/h4,6H,3,5,7-8H2,1-2H3,(H2,17,23)(H2,19,20,24,25)/p+1. The first-order chi connectivity index (χ1) is 12.4. The summed E-state index contributed by atoms with van der Waals surface area (Å²) in [4.78, 5) is 26.8. The molecule has 1 aliphatic rings. The van der Waals surface area contributed by atoms with Gasteiger partial charge in [0.1, 0.15) is 17.2 Å². The number of nitrogens with one attached hydrogen (secondary N) is 3. The molecule has 1 aliphatic heterocycles. The van der Waals surface area contributed by atoms with Crippen LogP contribution in [0.25, 0.3) is 0 Å². The van der Waals surface area contributed by atoms with E-state index >= 15 is 0 Å². The SMILES string of the molecule is CC[NH+]1CCc2c(sc(NC(=S)NC(=O)c3ccnn3C)c2C(N)=O)C1. The van der Waals surface area contributed by atoms with E-state index in [1.165, 1.54) is 27.1 Å². The molecule has 2 aromatic heterocycles. The number of aryl methyl sites for hydroxylation is 1. The molecule has 5 N–H and O–H groups in total. The first-order valence-electron chi connectivity index (χ1n) is 8.29. The van der Waals surface area contributed by atoms with E-state index < -0.39 is 5.91 Å². The number of likely N-dealkylation sites (N-methyl/N-ethyl adjacent to an activating group) is 1. The molecule has 8 nitrogen and oxygen atoms in total. The molecular formula is C16H21N6O2S2+. The van der Waals surface area contributed by atoms with Crippen molar-refractivity contribution < 1.29 is 14.5 Å². The van der Waals surface area contributed by atoms with Crippen molar-refractivity contribution in [1.82, 2.24) is 15.1 Å². The van der Waals surface area contributed by atoms with Gasteiger partial charge in [0.25, 0.3) is 11.8 Å². The van der Waals surface area contributed by atoms with Gasteiger partial charge in [0, 0.05) is 19.7 Å². The summed E-state index contributed by atoms with van der Waals surface area (Å²) < 4.78 is 1.46. The van der Waals surface area contributed by atoms with E-state index in [2.05, 4.69) is 22.7 Å². The summed E-state index contributed by atoms with van der Waals surface area (Å²) in [6, 6.07) is 1.60. The van der Waals surface area contributed by atoms with E-state index in [4.69, 9.17) is 18.0 Å². The van der Waals surface area contributed by atoms with Gasteiger partial charge in [0.15, 0.2) is 5.11 Å².